The minimum Gasteiger partial charge on any atom is -0.504 e. The zero-order valence-corrected chi connectivity index (χ0v) is 10.6. The van der Waals surface area contributed by atoms with Crippen molar-refractivity contribution in [3.63, 3.8) is 0 Å². The highest BCUT2D eigenvalue weighted by Gasteiger charge is 2.29. The predicted molar refractivity (Wildman–Crippen MR) is 68.0 cm³/mol. The predicted octanol–water partition coefficient (Wildman–Crippen LogP) is 0.338. The summed E-state index contributed by atoms with van der Waals surface area (Å²) in [5, 5.41) is 22.1. The van der Waals surface area contributed by atoms with E-state index in [2.05, 4.69) is 11.4 Å². The number of nitrogens with zero attached hydrogens (tertiary/aromatic N) is 2. The number of para-hydroxylation sites is 1. The fraction of sp³-hybridized carbons (Fsp3) is 0.385. The standard InChI is InChI=1S/C13H15N3O3/c1-19-11-4-2-3-10(12(11)17)13(18)16-6-5-15-8-9(16)7-14/h2-4,9,15,17H,5-6,8H2,1H3. The highest BCUT2D eigenvalue weighted by molar-refractivity contribution is 5.98. The largest absolute Gasteiger partial charge is 0.504 e. The molecule has 100 valence electrons. The molecule has 1 aromatic carbocycles. The van der Waals surface area contributed by atoms with Crippen molar-refractivity contribution in [2.24, 2.45) is 0 Å². The SMILES string of the molecule is COc1cccc(C(=O)N2CCNCC2C#N)c1O. The molecule has 6 heteroatoms. The fourth-order valence-electron chi connectivity index (χ4n) is 2.08. The zero-order chi connectivity index (χ0) is 13.8. The van der Waals surface area contributed by atoms with Crippen molar-refractivity contribution < 1.29 is 14.6 Å². The first kappa shape index (κ1) is 13.2. The molecule has 0 spiro atoms. The van der Waals surface area contributed by atoms with Crippen LogP contribution in [-0.2, 0) is 0 Å². The quantitative estimate of drug-likeness (QED) is 0.801. The van der Waals surface area contributed by atoms with Gasteiger partial charge in [-0.15, -0.1) is 0 Å². The number of ether oxygens (including phenoxy) is 1. The minimum atomic E-state index is -0.521. The number of methoxy groups -OCH3 is 1. The van der Waals surface area contributed by atoms with Crippen LogP contribution in [0.5, 0.6) is 11.5 Å². The molecule has 1 atom stereocenters. The van der Waals surface area contributed by atoms with Crippen LogP contribution in [0.15, 0.2) is 18.2 Å². The van der Waals surface area contributed by atoms with Crippen LogP contribution in [0, 0.1) is 11.3 Å². The molecule has 1 aliphatic rings. The van der Waals surface area contributed by atoms with E-state index in [0.717, 1.165) is 0 Å². The maximum Gasteiger partial charge on any atom is 0.258 e. The lowest BCUT2D eigenvalue weighted by Crippen LogP contribution is -2.53. The average molecular weight is 261 g/mol. The van der Waals surface area contributed by atoms with Gasteiger partial charge in [-0.1, -0.05) is 6.07 Å². The average Bonchev–Trinajstić information content (AvgIpc) is 2.46. The summed E-state index contributed by atoms with van der Waals surface area (Å²) in [7, 11) is 1.42. The Morgan fingerprint density at radius 3 is 3.11 bits per heavy atom. The first-order valence-electron chi connectivity index (χ1n) is 5.96. The summed E-state index contributed by atoms with van der Waals surface area (Å²) in [4.78, 5) is 13.9. The Morgan fingerprint density at radius 2 is 2.42 bits per heavy atom. The van der Waals surface area contributed by atoms with E-state index in [1.54, 1.807) is 12.1 Å². The molecule has 1 saturated heterocycles. The number of rotatable bonds is 2. The van der Waals surface area contributed by atoms with Crippen molar-refractivity contribution in [1.82, 2.24) is 10.2 Å². The Balaban J connectivity index is 2.31. The molecular formula is C13H15N3O3. The van der Waals surface area contributed by atoms with Crippen molar-refractivity contribution in [2.45, 2.75) is 6.04 Å². The molecule has 1 heterocycles. The number of piperazine rings is 1. The number of hydrogen-bond acceptors (Lipinski definition) is 5. The Morgan fingerprint density at radius 1 is 1.63 bits per heavy atom. The first-order chi connectivity index (χ1) is 9.19. The van der Waals surface area contributed by atoms with E-state index in [4.69, 9.17) is 10.00 Å². The number of nitriles is 1. The van der Waals surface area contributed by atoms with Crippen LogP contribution in [0.25, 0.3) is 0 Å². The van der Waals surface area contributed by atoms with Gasteiger partial charge in [-0.25, -0.2) is 0 Å². The van der Waals surface area contributed by atoms with Crippen LogP contribution in [0.3, 0.4) is 0 Å². The van der Waals surface area contributed by atoms with Crippen LogP contribution in [0.1, 0.15) is 10.4 Å². The van der Waals surface area contributed by atoms with Crippen molar-refractivity contribution in [2.75, 3.05) is 26.7 Å². The monoisotopic (exact) mass is 261 g/mol. The lowest BCUT2D eigenvalue weighted by atomic mass is 10.1. The number of aromatic hydroxyl groups is 1. The molecule has 1 aliphatic heterocycles. The van der Waals surface area contributed by atoms with E-state index >= 15 is 0 Å². The summed E-state index contributed by atoms with van der Waals surface area (Å²) in [6.07, 6.45) is 0. The maximum absolute atomic E-state index is 12.4. The molecule has 0 aromatic heterocycles. The fourth-order valence-corrected chi connectivity index (χ4v) is 2.08. The Hall–Kier alpha value is -2.26. The highest BCUT2D eigenvalue weighted by atomic mass is 16.5. The summed E-state index contributed by atoms with van der Waals surface area (Å²) in [5.41, 5.74) is 0.154. The Bertz CT molecular complexity index is 524. The minimum absolute atomic E-state index is 0.154. The Kier molecular flexibility index (Phi) is 3.88. The lowest BCUT2D eigenvalue weighted by Gasteiger charge is -2.32. The van der Waals surface area contributed by atoms with Gasteiger partial charge in [-0.3, -0.25) is 4.79 Å². The maximum atomic E-state index is 12.4. The van der Waals surface area contributed by atoms with E-state index in [-0.39, 0.29) is 23.0 Å². The molecule has 0 aliphatic carbocycles. The number of amides is 1. The topological polar surface area (TPSA) is 85.6 Å². The molecule has 0 saturated carbocycles. The Labute approximate surface area is 111 Å². The van der Waals surface area contributed by atoms with Crippen LogP contribution in [-0.4, -0.2) is 48.7 Å². The van der Waals surface area contributed by atoms with Gasteiger partial charge < -0.3 is 20.1 Å². The van der Waals surface area contributed by atoms with Gasteiger partial charge in [0.1, 0.15) is 6.04 Å². The molecule has 6 nitrogen and oxygen atoms in total. The molecule has 1 aromatic rings. The van der Waals surface area contributed by atoms with Gasteiger partial charge in [0.25, 0.3) is 5.91 Å². The van der Waals surface area contributed by atoms with E-state index in [9.17, 15) is 9.90 Å². The summed E-state index contributed by atoms with van der Waals surface area (Å²) >= 11 is 0. The van der Waals surface area contributed by atoms with Gasteiger partial charge in [0.15, 0.2) is 11.5 Å². The van der Waals surface area contributed by atoms with Gasteiger partial charge >= 0.3 is 0 Å². The van der Waals surface area contributed by atoms with Gasteiger partial charge in [0.2, 0.25) is 0 Å². The number of hydrogen-bond donors (Lipinski definition) is 2. The van der Waals surface area contributed by atoms with Crippen LogP contribution >= 0.6 is 0 Å². The normalized spacial score (nSPS) is 18.7. The number of carbonyl (C=O) groups is 1. The molecule has 0 radical (unpaired) electrons. The van der Waals surface area contributed by atoms with E-state index < -0.39 is 6.04 Å². The second kappa shape index (κ2) is 5.59. The smallest absolute Gasteiger partial charge is 0.258 e. The van der Waals surface area contributed by atoms with Gasteiger partial charge in [-0.2, -0.15) is 5.26 Å². The molecular weight excluding hydrogens is 246 g/mol. The number of nitrogens with one attached hydrogen (secondary N) is 1. The van der Waals surface area contributed by atoms with Gasteiger partial charge in [0.05, 0.1) is 18.7 Å². The third kappa shape index (κ3) is 2.46. The van der Waals surface area contributed by atoms with Crippen molar-refractivity contribution >= 4 is 5.91 Å². The van der Waals surface area contributed by atoms with Crippen molar-refractivity contribution in [3.05, 3.63) is 23.8 Å². The lowest BCUT2D eigenvalue weighted by molar-refractivity contribution is 0.0683. The molecule has 1 unspecified atom stereocenters. The van der Waals surface area contributed by atoms with E-state index in [0.29, 0.717) is 19.6 Å². The van der Waals surface area contributed by atoms with Crippen LogP contribution in [0.2, 0.25) is 0 Å². The number of benzene rings is 1. The molecule has 1 amide bonds. The number of phenolic OH excluding ortho intramolecular Hbond substituents is 1. The second-order valence-electron chi connectivity index (χ2n) is 4.20. The van der Waals surface area contributed by atoms with Gasteiger partial charge in [0, 0.05) is 19.6 Å². The molecule has 2 N–H and O–H groups in total. The van der Waals surface area contributed by atoms with Crippen molar-refractivity contribution in [3.8, 4) is 17.6 Å². The summed E-state index contributed by atoms with van der Waals surface area (Å²) in [6, 6.07) is 6.29. The zero-order valence-electron chi connectivity index (χ0n) is 10.6. The molecule has 19 heavy (non-hydrogen) atoms. The van der Waals surface area contributed by atoms with Crippen molar-refractivity contribution in [1.29, 1.82) is 5.26 Å². The third-order valence-electron chi connectivity index (χ3n) is 3.10. The molecule has 1 fully saturated rings. The third-order valence-corrected chi connectivity index (χ3v) is 3.10. The summed E-state index contributed by atoms with van der Waals surface area (Å²) < 4.78 is 4.98. The molecule has 0 bridgehead atoms. The molecule has 2 rings (SSSR count). The van der Waals surface area contributed by atoms with Crippen LogP contribution in [0.4, 0.5) is 0 Å². The highest BCUT2D eigenvalue weighted by Crippen LogP contribution is 2.30. The van der Waals surface area contributed by atoms with Gasteiger partial charge in [-0.05, 0) is 12.1 Å². The van der Waals surface area contributed by atoms with E-state index in [1.165, 1.54) is 18.1 Å². The van der Waals surface area contributed by atoms with Crippen LogP contribution < -0.4 is 10.1 Å². The first-order valence-corrected chi connectivity index (χ1v) is 5.96. The second-order valence-corrected chi connectivity index (χ2v) is 4.20. The number of phenols is 1. The number of carbonyl (C=O) groups excluding carboxylic acids is 1. The van der Waals surface area contributed by atoms with E-state index in [1.807, 2.05) is 0 Å². The summed E-state index contributed by atoms with van der Waals surface area (Å²) in [5.74, 6) is -0.302. The summed E-state index contributed by atoms with van der Waals surface area (Å²) in [6.45, 7) is 1.51.